The Morgan fingerprint density at radius 2 is 2.27 bits per heavy atom. The van der Waals surface area contributed by atoms with E-state index in [9.17, 15) is 4.79 Å². The Balaban J connectivity index is 2.30. The maximum Gasteiger partial charge on any atom is 0.337 e. The number of nitrogen functional groups attached to an aromatic ring is 1. The number of carbonyl (C=O) groups is 1. The minimum absolute atomic E-state index is 0.245. The SMILES string of the molecule is CC1CC1Nc1c(N)cccc1C(=O)O. The van der Waals surface area contributed by atoms with Crippen LogP contribution in [-0.4, -0.2) is 17.1 Å². The van der Waals surface area contributed by atoms with Gasteiger partial charge in [-0.15, -0.1) is 0 Å². The van der Waals surface area contributed by atoms with Gasteiger partial charge in [-0.1, -0.05) is 13.0 Å². The first-order valence-electron chi connectivity index (χ1n) is 4.98. The fourth-order valence-corrected chi connectivity index (χ4v) is 1.62. The second-order valence-electron chi connectivity index (χ2n) is 4.04. The van der Waals surface area contributed by atoms with Crippen molar-refractivity contribution in [2.75, 3.05) is 11.1 Å². The van der Waals surface area contributed by atoms with E-state index in [0.29, 0.717) is 23.3 Å². The molecule has 0 saturated heterocycles. The molecule has 1 aliphatic rings. The molecule has 4 nitrogen and oxygen atoms in total. The van der Waals surface area contributed by atoms with Crippen LogP contribution in [0.15, 0.2) is 18.2 Å². The molecule has 1 aromatic carbocycles. The number of para-hydroxylation sites is 1. The maximum atomic E-state index is 11.0. The molecule has 0 aliphatic heterocycles. The zero-order chi connectivity index (χ0) is 11.0. The summed E-state index contributed by atoms with van der Waals surface area (Å²) in [5, 5.41) is 12.2. The standard InChI is InChI=1S/C11H14N2O2/c1-6-5-9(6)13-10-7(11(14)15)3-2-4-8(10)12/h2-4,6,9,13H,5,12H2,1H3,(H,14,15). The highest BCUT2D eigenvalue weighted by Crippen LogP contribution is 2.35. The smallest absolute Gasteiger partial charge is 0.337 e. The third-order valence-electron chi connectivity index (χ3n) is 2.77. The number of carboxylic acids is 1. The van der Waals surface area contributed by atoms with E-state index in [2.05, 4.69) is 12.2 Å². The Morgan fingerprint density at radius 1 is 1.60 bits per heavy atom. The molecular weight excluding hydrogens is 192 g/mol. The van der Waals surface area contributed by atoms with Gasteiger partial charge >= 0.3 is 5.97 Å². The Kier molecular flexibility index (Phi) is 2.26. The van der Waals surface area contributed by atoms with Crippen LogP contribution in [-0.2, 0) is 0 Å². The van der Waals surface area contributed by atoms with Gasteiger partial charge in [0.1, 0.15) is 0 Å². The normalized spacial score (nSPS) is 23.5. The second kappa shape index (κ2) is 3.46. The molecule has 2 rings (SSSR count). The van der Waals surface area contributed by atoms with Gasteiger partial charge in [0.15, 0.2) is 0 Å². The van der Waals surface area contributed by atoms with E-state index in [1.165, 1.54) is 0 Å². The molecule has 0 bridgehead atoms. The topological polar surface area (TPSA) is 75.3 Å². The summed E-state index contributed by atoms with van der Waals surface area (Å²) in [6.07, 6.45) is 1.08. The molecule has 2 unspecified atom stereocenters. The first-order chi connectivity index (χ1) is 7.09. The van der Waals surface area contributed by atoms with E-state index in [1.54, 1.807) is 18.2 Å². The number of aromatic carboxylic acids is 1. The Hall–Kier alpha value is -1.71. The summed E-state index contributed by atoms with van der Waals surface area (Å²) in [7, 11) is 0. The molecule has 1 aliphatic carbocycles. The molecule has 0 aromatic heterocycles. The van der Waals surface area contributed by atoms with E-state index in [4.69, 9.17) is 10.8 Å². The van der Waals surface area contributed by atoms with Crippen LogP contribution >= 0.6 is 0 Å². The predicted molar refractivity (Wildman–Crippen MR) is 59.0 cm³/mol. The van der Waals surface area contributed by atoms with E-state index >= 15 is 0 Å². The minimum atomic E-state index is -0.946. The van der Waals surface area contributed by atoms with E-state index in [0.717, 1.165) is 6.42 Å². The van der Waals surface area contributed by atoms with Crippen molar-refractivity contribution in [1.82, 2.24) is 0 Å². The van der Waals surface area contributed by atoms with Crippen LogP contribution in [0.3, 0.4) is 0 Å². The zero-order valence-corrected chi connectivity index (χ0v) is 8.53. The Bertz CT molecular complexity index is 404. The highest BCUT2D eigenvalue weighted by Gasteiger charge is 2.33. The lowest BCUT2D eigenvalue weighted by Crippen LogP contribution is -2.11. The van der Waals surface area contributed by atoms with Gasteiger partial charge in [-0.2, -0.15) is 0 Å². The number of nitrogens with two attached hydrogens (primary N) is 1. The molecular formula is C11H14N2O2. The average molecular weight is 206 g/mol. The highest BCUT2D eigenvalue weighted by molar-refractivity contribution is 5.97. The number of nitrogens with one attached hydrogen (secondary N) is 1. The second-order valence-corrected chi connectivity index (χ2v) is 4.04. The number of carboxylic acid groups (broad SMARTS) is 1. The summed E-state index contributed by atoms with van der Waals surface area (Å²) in [4.78, 5) is 11.0. The van der Waals surface area contributed by atoms with Crippen molar-refractivity contribution in [2.24, 2.45) is 5.92 Å². The van der Waals surface area contributed by atoms with Gasteiger partial charge in [0.25, 0.3) is 0 Å². The van der Waals surface area contributed by atoms with E-state index < -0.39 is 5.97 Å². The summed E-state index contributed by atoms with van der Waals surface area (Å²) in [5.41, 5.74) is 7.05. The molecule has 1 saturated carbocycles. The summed E-state index contributed by atoms with van der Waals surface area (Å²) in [6, 6.07) is 5.30. The lowest BCUT2D eigenvalue weighted by atomic mass is 10.1. The molecule has 1 fully saturated rings. The molecule has 2 atom stereocenters. The molecule has 80 valence electrons. The minimum Gasteiger partial charge on any atom is -0.478 e. The quantitative estimate of drug-likeness (QED) is 0.659. The fraction of sp³-hybridized carbons (Fsp3) is 0.364. The third kappa shape index (κ3) is 1.88. The predicted octanol–water partition coefficient (Wildman–Crippen LogP) is 1.79. The summed E-state index contributed by atoms with van der Waals surface area (Å²) in [5.74, 6) is -0.343. The van der Waals surface area contributed by atoms with Gasteiger partial charge in [0, 0.05) is 6.04 Å². The summed E-state index contributed by atoms with van der Waals surface area (Å²) in [6.45, 7) is 2.12. The van der Waals surface area contributed by atoms with Gasteiger partial charge in [0.05, 0.1) is 16.9 Å². The zero-order valence-electron chi connectivity index (χ0n) is 8.53. The lowest BCUT2D eigenvalue weighted by Gasteiger charge is -2.11. The van der Waals surface area contributed by atoms with Crippen molar-refractivity contribution in [3.63, 3.8) is 0 Å². The first-order valence-corrected chi connectivity index (χ1v) is 4.98. The van der Waals surface area contributed by atoms with E-state index in [1.807, 2.05) is 0 Å². The molecule has 4 heteroatoms. The van der Waals surface area contributed by atoms with Crippen molar-refractivity contribution in [3.05, 3.63) is 23.8 Å². The van der Waals surface area contributed by atoms with Gasteiger partial charge in [0.2, 0.25) is 0 Å². The molecule has 0 spiro atoms. The largest absolute Gasteiger partial charge is 0.478 e. The average Bonchev–Trinajstić information content (AvgIpc) is 2.85. The van der Waals surface area contributed by atoms with Crippen molar-refractivity contribution >= 4 is 17.3 Å². The van der Waals surface area contributed by atoms with E-state index in [-0.39, 0.29) is 5.56 Å². The van der Waals surface area contributed by atoms with Crippen molar-refractivity contribution in [3.8, 4) is 0 Å². The van der Waals surface area contributed by atoms with Crippen LogP contribution in [0.5, 0.6) is 0 Å². The fourth-order valence-electron chi connectivity index (χ4n) is 1.62. The number of anilines is 2. The molecule has 15 heavy (non-hydrogen) atoms. The van der Waals surface area contributed by atoms with Gasteiger partial charge < -0.3 is 16.2 Å². The first kappa shape index (κ1) is 9.83. The summed E-state index contributed by atoms with van der Waals surface area (Å²) < 4.78 is 0. The molecule has 0 heterocycles. The Morgan fingerprint density at radius 3 is 2.80 bits per heavy atom. The number of benzene rings is 1. The van der Waals surface area contributed by atoms with Crippen molar-refractivity contribution < 1.29 is 9.90 Å². The van der Waals surface area contributed by atoms with Crippen LogP contribution < -0.4 is 11.1 Å². The molecule has 0 radical (unpaired) electrons. The van der Waals surface area contributed by atoms with Gasteiger partial charge in [-0.25, -0.2) is 4.79 Å². The number of hydrogen-bond donors (Lipinski definition) is 3. The van der Waals surface area contributed by atoms with Crippen LogP contribution in [0.2, 0.25) is 0 Å². The van der Waals surface area contributed by atoms with Crippen LogP contribution in [0.4, 0.5) is 11.4 Å². The molecule has 4 N–H and O–H groups in total. The lowest BCUT2D eigenvalue weighted by molar-refractivity contribution is 0.0698. The number of rotatable bonds is 3. The monoisotopic (exact) mass is 206 g/mol. The third-order valence-corrected chi connectivity index (χ3v) is 2.77. The van der Waals surface area contributed by atoms with Gasteiger partial charge in [-0.05, 0) is 24.5 Å². The van der Waals surface area contributed by atoms with Gasteiger partial charge in [-0.3, -0.25) is 0 Å². The molecule has 1 aromatic rings. The Labute approximate surface area is 88.1 Å². The maximum absolute atomic E-state index is 11.0. The van der Waals surface area contributed by atoms with Crippen LogP contribution in [0.25, 0.3) is 0 Å². The highest BCUT2D eigenvalue weighted by atomic mass is 16.4. The van der Waals surface area contributed by atoms with Crippen molar-refractivity contribution in [2.45, 2.75) is 19.4 Å². The van der Waals surface area contributed by atoms with Crippen LogP contribution in [0.1, 0.15) is 23.7 Å². The van der Waals surface area contributed by atoms with Crippen molar-refractivity contribution in [1.29, 1.82) is 0 Å². The number of hydrogen-bond acceptors (Lipinski definition) is 3. The van der Waals surface area contributed by atoms with Crippen LogP contribution in [0, 0.1) is 5.92 Å². The summed E-state index contributed by atoms with van der Waals surface area (Å²) >= 11 is 0. The molecule has 0 amide bonds.